The highest BCUT2D eigenvalue weighted by molar-refractivity contribution is 7.87. The summed E-state index contributed by atoms with van der Waals surface area (Å²) in [7, 11) is -1.99. The smallest absolute Gasteiger partial charge is 0.279 e. The van der Waals surface area contributed by atoms with Gasteiger partial charge in [0.1, 0.15) is 5.82 Å². The van der Waals surface area contributed by atoms with Gasteiger partial charge in [0.05, 0.1) is 0 Å². The summed E-state index contributed by atoms with van der Waals surface area (Å²) in [6.07, 6.45) is 1.12. The number of nitrogens with two attached hydrogens (primary N) is 1. The molecule has 0 aliphatic carbocycles. The molecule has 0 amide bonds. The minimum Gasteiger partial charge on any atom is -0.330 e. The van der Waals surface area contributed by atoms with E-state index in [0.717, 1.165) is 5.56 Å². The zero-order valence-corrected chi connectivity index (χ0v) is 12.7. The molecule has 0 aromatic heterocycles. The van der Waals surface area contributed by atoms with Crippen LogP contribution in [-0.2, 0) is 16.6 Å². The van der Waals surface area contributed by atoms with E-state index in [1.807, 2.05) is 0 Å². The van der Waals surface area contributed by atoms with Crippen LogP contribution in [0.25, 0.3) is 0 Å². The van der Waals surface area contributed by atoms with Crippen LogP contribution in [0.1, 0.15) is 18.9 Å². The van der Waals surface area contributed by atoms with Crippen LogP contribution < -0.4 is 10.5 Å². The van der Waals surface area contributed by atoms with Gasteiger partial charge < -0.3 is 5.73 Å². The minimum atomic E-state index is -3.51. The number of nitrogens with one attached hydrogen (secondary N) is 1. The van der Waals surface area contributed by atoms with Crippen LogP contribution >= 0.6 is 0 Å². The molecule has 1 rings (SSSR count). The Morgan fingerprint density at radius 3 is 2.50 bits per heavy atom. The first-order valence-corrected chi connectivity index (χ1v) is 7.97. The average molecular weight is 303 g/mol. The minimum absolute atomic E-state index is 0.272. The Balaban J connectivity index is 2.56. The lowest BCUT2D eigenvalue weighted by atomic mass is 10.1. The molecule has 0 fully saturated rings. The summed E-state index contributed by atoms with van der Waals surface area (Å²) in [6.45, 7) is 2.61. The zero-order valence-electron chi connectivity index (χ0n) is 11.8. The summed E-state index contributed by atoms with van der Waals surface area (Å²) in [4.78, 5) is 0. The lowest BCUT2D eigenvalue weighted by Gasteiger charge is -2.21. The van der Waals surface area contributed by atoms with Gasteiger partial charge in [-0.2, -0.15) is 17.4 Å². The van der Waals surface area contributed by atoms with Crippen LogP contribution in [0.15, 0.2) is 24.3 Å². The van der Waals surface area contributed by atoms with Crippen LogP contribution in [0.3, 0.4) is 0 Å². The maximum atomic E-state index is 12.8. The standard InChI is InChI=1S/C13H22FN3O2S/c1-11(10-12-4-6-13(14)7-5-12)16-20(18,19)17(2)9-3-8-15/h4-7,11,16H,3,8-10,15H2,1-2H3. The van der Waals surface area contributed by atoms with E-state index in [-0.39, 0.29) is 11.9 Å². The lowest BCUT2D eigenvalue weighted by Crippen LogP contribution is -2.43. The van der Waals surface area contributed by atoms with Crippen molar-refractivity contribution in [3.05, 3.63) is 35.6 Å². The molecular weight excluding hydrogens is 281 g/mol. The molecule has 0 aliphatic rings. The molecule has 3 N–H and O–H groups in total. The highest BCUT2D eigenvalue weighted by atomic mass is 32.2. The molecule has 1 atom stereocenters. The average Bonchev–Trinajstić information content (AvgIpc) is 2.37. The Morgan fingerprint density at radius 2 is 1.95 bits per heavy atom. The van der Waals surface area contributed by atoms with E-state index in [4.69, 9.17) is 5.73 Å². The fraction of sp³-hybridized carbons (Fsp3) is 0.538. The second kappa shape index (κ2) is 7.68. The Labute approximate surface area is 120 Å². The zero-order chi connectivity index (χ0) is 15.2. The fourth-order valence-electron chi connectivity index (χ4n) is 1.79. The molecule has 1 aromatic carbocycles. The van der Waals surface area contributed by atoms with Crippen molar-refractivity contribution in [3.63, 3.8) is 0 Å². The van der Waals surface area contributed by atoms with E-state index in [1.54, 1.807) is 19.1 Å². The van der Waals surface area contributed by atoms with Crippen molar-refractivity contribution in [2.75, 3.05) is 20.1 Å². The van der Waals surface area contributed by atoms with Crippen molar-refractivity contribution in [1.82, 2.24) is 9.03 Å². The third-order valence-electron chi connectivity index (χ3n) is 2.89. The molecule has 20 heavy (non-hydrogen) atoms. The summed E-state index contributed by atoms with van der Waals surface area (Å²) in [5, 5.41) is 0. The molecule has 114 valence electrons. The Hall–Kier alpha value is -1.02. The van der Waals surface area contributed by atoms with Gasteiger partial charge in [0, 0.05) is 19.6 Å². The monoisotopic (exact) mass is 303 g/mol. The maximum Gasteiger partial charge on any atom is 0.279 e. The van der Waals surface area contributed by atoms with Gasteiger partial charge in [0.2, 0.25) is 0 Å². The van der Waals surface area contributed by atoms with E-state index in [2.05, 4.69) is 4.72 Å². The van der Waals surface area contributed by atoms with E-state index in [0.29, 0.717) is 25.9 Å². The number of halogens is 1. The molecule has 1 unspecified atom stereocenters. The van der Waals surface area contributed by atoms with E-state index in [9.17, 15) is 12.8 Å². The maximum absolute atomic E-state index is 12.8. The molecule has 0 heterocycles. The summed E-state index contributed by atoms with van der Waals surface area (Å²) < 4.78 is 40.6. The van der Waals surface area contributed by atoms with Gasteiger partial charge in [0.15, 0.2) is 0 Å². The van der Waals surface area contributed by atoms with E-state index in [1.165, 1.54) is 23.5 Å². The van der Waals surface area contributed by atoms with Crippen LogP contribution in [0.4, 0.5) is 4.39 Å². The first-order valence-electron chi connectivity index (χ1n) is 6.53. The summed E-state index contributed by atoms with van der Waals surface area (Å²) in [5.41, 5.74) is 6.24. The molecular formula is C13H22FN3O2S. The van der Waals surface area contributed by atoms with Crippen LogP contribution in [-0.4, -0.2) is 38.9 Å². The Bertz CT molecular complexity index is 505. The molecule has 0 spiro atoms. The van der Waals surface area contributed by atoms with Crippen molar-refractivity contribution < 1.29 is 12.8 Å². The van der Waals surface area contributed by atoms with Gasteiger partial charge in [-0.3, -0.25) is 0 Å². The topological polar surface area (TPSA) is 75.4 Å². The third kappa shape index (κ3) is 5.54. The number of rotatable bonds is 8. The fourth-order valence-corrected chi connectivity index (χ4v) is 2.94. The molecule has 0 aliphatic heterocycles. The van der Waals surface area contributed by atoms with Crippen molar-refractivity contribution in [1.29, 1.82) is 0 Å². The molecule has 0 radical (unpaired) electrons. The number of hydrogen-bond donors (Lipinski definition) is 2. The predicted octanol–water partition coefficient (Wildman–Crippen LogP) is 0.872. The highest BCUT2D eigenvalue weighted by Gasteiger charge is 2.19. The summed E-state index contributed by atoms with van der Waals surface area (Å²) in [6, 6.07) is 5.76. The number of benzene rings is 1. The van der Waals surface area contributed by atoms with Gasteiger partial charge in [-0.1, -0.05) is 12.1 Å². The first kappa shape index (κ1) is 17.0. The molecule has 0 bridgehead atoms. The molecule has 0 saturated heterocycles. The Morgan fingerprint density at radius 1 is 1.35 bits per heavy atom. The second-order valence-corrected chi connectivity index (χ2v) is 6.63. The van der Waals surface area contributed by atoms with Crippen molar-refractivity contribution in [3.8, 4) is 0 Å². The number of hydrogen-bond acceptors (Lipinski definition) is 3. The quantitative estimate of drug-likeness (QED) is 0.748. The van der Waals surface area contributed by atoms with Gasteiger partial charge >= 0.3 is 0 Å². The highest BCUT2D eigenvalue weighted by Crippen LogP contribution is 2.07. The van der Waals surface area contributed by atoms with Crippen molar-refractivity contribution >= 4 is 10.2 Å². The second-order valence-electron chi connectivity index (χ2n) is 4.82. The largest absolute Gasteiger partial charge is 0.330 e. The van der Waals surface area contributed by atoms with Crippen LogP contribution in [0.2, 0.25) is 0 Å². The Kier molecular flexibility index (Phi) is 6.54. The summed E-state index contributed by atoms with van der Waals surface area (Å²) in [5.74, 6) is -0.302. The first-order chi connectivity index (χ1) is 9.35. The van der Waals surface area contributed by atoms with Gasteiger partial charge in [-0.25, -0.2) is 4.39 Å². The van der Waals surface area contributed by atoms with Crippen molar-refractivity contribution in [2.24, 2.45) is 5.73 Å². The third-order valence-corrected chi connectivity index (χ3v) is 4.60. The molecule has 7 heteroatoms. The van der Waals surface area contributed by atoms with Gasteiger partial charge in [0.25, 0.3) is 10.2 Å². The van der Waals surface area contributed by atoms with Gasteiger partial charge in [-0.05, 0) is 44.0 Å². The molecule has 0 saturated carbocycles. The normalized spacial score (nSPS) is 13.7. The SMILES string of the molecule is CC(Cc1ccc(F)cc1)NS(=O)(=O)N(C)CCCN. The summed E-state index contributed by atoms with van der Waals surface area (Å²) >= 11 is 0. The molecule has 1 aromatic rings. The van der Waals surface area contributed by atoms with E-state index >= 15 is 0 Å². The van der Waals surface area contributed by atoms with Crippen LogP contribution in [0, 0.1) is 5.82 Å². The molecule has 5 nitrogen and oxygen atoms in total. The van der Waals surface area contributed by atoms with Crippen LogP contribution in [0.5, 0.6) is 0 Å². The van der Waals surface area contributed by atoms with Crippen molar-refractivity contribution in [2.45, 2.75) is 25.8 Å². The van der Waals surface area contributed by atoms with E-state index < -0.39 is 10.2 Å². The van der Waals surface area contributed by atoms with Gasteiger partial charge in [-0.15, -0.1) is 0 Å². The predicted molar refractivity (Wildman–Crippen MR) is 77.9 cm³/mol. The lowest BCUT2D eigenvalue weighted by molar-refractivity contribution is 0.444. The number of nitrogens with zero attached hydrogens (tertiary/aromatic N) is 1.